The molecule has 0 fully saturated rings. The highest BCUT2D eigenvalue weighted by molar-refractivity contribution is 7.89. The van der Waals surface area contributed by atoms with E-state index in [0.717, 1.165) is 4.31 Å². The van der Waals surface area contributed by atoms with Gasteiger partial charge >= 0.3 is 0 Å². The summed E-state index contributed by atoms with van der Waals surface area (Å²) in [4.78, 5) is 3.86. The van der Waals surface area contributed by atoms with E-state index in [-0.39, 0.29) is 10.7 Å². The lowest BCUT2D eigenvalue weighted by Gasteiger charge is -2.10. The molecule has 0 radical (unpaired) electrons. The van der Waals surface area contributed by atoms with E-state index in [1.165, 1.54) is 32.4 Å². The second kappa shape index (κ2) is 3.31. The highest BCUT2D eigenvalue weighted by Crippen LogP contribution is 2.13. The third-order valence-electron chi connectivity index (χ3n) is 1.53. The lowest BCUT2D eigenvalue weighted by Crippen LogP contribution is -2.22. The van der Waals surface area contributed by atoms with Crippen LogP contribution < -0.4 is 5.73 Å². The van der Waals surface area contributed by atoms with E-state index in [2.05, 4.69) is 4.98 Å². The summed E-state index contributed by atoms with van der Waals surface area (Å²) in [6.45, 7) is 0. The van der Waals surface area contributed by atoms with Gasteiger partial charge in [0.2, 0.25) is 10.0 Å². The van der Waals surface area contributed by atoms with Crippen LogP contribution in [0, 0.1) is 0 Å². The van der Waals surface area contributed by atoms with E-state index in [4.69, 9.17) is 5.73 Å². The Kier molecular flexibility index (Phi) is 2.53. The van der Waals surface area contributed by atoms with Gasteiger partial charge in [0.15, 0.2) is 0 Å². The summed E-state index contributed by atoms with van der Waals surface area (Å²) in [5.41, 5.74) is 5.36. The number of nitrogen functional groups attached to an aromatic ring is 1. The van der Waals surface area contributed by atoms with Gasteiger partial charge in [-0.05, 0) is 6.07 Å². The molecule has 0 aliphatic rings. The summed E-state index contributed by atoms with van der Waals surface area (Å²) in [6, 6.07) is 2.74. The molecular weight excluding hydrogens is 190 g/mol. The smallest absolute Gasteiger partial charge is 0.242 e. The maximum absolute atomic E-state index is 11.5. The number of hydrogen-bond acceptors (Lipinski definition) is 4. The standard InChI is InChI=1S/C7H11N3O2S/c1-10(2)13(11,12)6-3-4-9-7(8)5-6/h3-5H,1-2H3,(H2,8,9). The first-order valence-electron chi connectivity index (χ1n) is 3.58. The van der Waals surface area contributed by atoms with E-state index in [9.17, 15) is 8.42 Å². The van der Waals surface area contributed by atoms with Crippen LogP contribution in [0.3, 0.4) is 0 Å². The molecule has 1 aromatic rings. The van der Waals surface area contributed by atoms with Gasteiger partial charge in [0.25, 0.3) is 0 Å². The molecule has 0 atom stereocenters. The van der Waals surface area contributed by atoms with E-state index in [1.807, 2.05) is 0 Å². The number of rotatable bonds is 2. The fraction of sp³-hybridized carbons (Fsp3) is 0.286. The van der Waals surface area contributed by atoms with Gasteiger partial charge in [-0.2, -0.15) is 0 Å². The Balaban J connectivity index is 3.24. The van der Waals surface area contributed by atoms with E-state index in [1.54, 1.807) is 0 Å². The summed E-state index contributed by atoms with van der Waals surface area (Å²) < 4.78 is 24.2. The van der Waals surface area contributed by atoms with Crippen molar-refractivity contribution in [2.24, 2.45) is 0 Å². The first-order valence-corrected chi connectivity index (χ1v) is 5.02. The number of pyridine rings is 1. The molecule has 0 unspecified atom stereocenters. The van der Waals surface area contributed by atoms with Gasteiger partial charge in [-0.1, -0.05) is 0 Å². The second-order valence-electron chi connectivity index (χ2n) is 2.70. The fourth-order valence-electron chi connectivity index (χ4n) is 0.799. The van der Waals surface area contributed by atoms with Crippen LogP contribution in [0.25, 0.3) is 0 Å². The van der Waals surface area contributed by atoms with Crippen molar-refractivity contribution in [2.45, 2.75) is 4.90 Å². The van der Waals surface area contributed by atoms with Gasteiger partial charge < -0.3 is 5.73 Å². The molecule has 0 spiro atoms. The topological polar surface area (TPSA) is 76.3 Å². The second-order valence-corrected chi connectivity index (χ2v) is 4.86. The Morgan fingerprint density at radius 1 is 1.46 bits per heavy atom. The molecule has 6 heteroatoms. The molecule has 0 aliphatic carbocycles. The fourth-order valence-corrected chi connectivity index (χ4v) is 1.72. The maximum Gasteiger partial charge on any atom is 0.242 e. The van der Waals surface area contributed by atoms with Gasteiger partial charge in [0, 0.05) is 26.4 Å². The molecule has 0 amide bonds. The summed E-state index contributed by atoms with van der Waals surface area (Å²) in [7, 11) is -0.458. The maximum atomic E-state index is 11.5. The summed E-state index contributed by atoms with van der Waals surface area (Å²) >= 11 is 0. The van der Waals surface area contributed by atoms with Crippen molar-refractivity contribution in [3.05, 3.63) is 18.3 Å². The lowest BCUT2D eigenvalue weighted by atomic mass is 10.5. The SMILES string of the molecule is CN(C)S(=O)(=O)c1ccnc(N)c1. The van der Waals surface area contributed by atoms with Crippen LogP contribution >= 0.6 is 0 Å². The Labute approximate surface area is 77.2 Å². The van der Waals surface area contributed by atoms with Gasteiger partial charge in [-0.3, -0.25) is 0 Å². The van der Waals surface area contributed by atoms with Crippen LogP contribution in [0.4, 0.5) is 5.82 Å². The molecule has 0 aliphatic heterocycles. The monoisotopic (exact) mass is 201 g/mol. The lowest BCUT2D eigenvalue weighted by molar-refractivity contribution is 0.520. The van der Waals surface area contributed by atoms with Crippen LogP contribution in [-0.2, 0) is 10.0 Å². The zero-order valence-corrected chi connectivity index (χ0v) is 8.25. The summed E-state index contributed by atoms with van der Waals surface area (Å²) in [6.07, 6.45) is 1.37. The van der Waals surface area contributed by atoms with E-state index in [0.29, 0.717) is 0 Å². The first kappa shape index (κ1) is 9.94. The molecule has 1 rings (SSSR count). The van der Waals surface area contributed by atoms with Crippen LogP contribution in [0.1, 0.15) is 0 Å². The molecule has 13 heavy (non-hydrogen) atoms. The molecule has 5 nitrogen and oxygen atoms in total. The Morgan fingerprint density at radius 2 is 2.08 bits per heavy atom. The minimum absolute atomic E-state index is 0.157. The van der Waals surface area contributed by atoms with Gasteiger partial charge in [0.05, 0.1) is 4.90 Å². The Hall–Kier alpha value is -1.14. The average Bonchev–Trinajstić information content (AvgIpc) is 2.04. The van der Waals surface area contributed by atoms with Crippen molar-refractivity contribution in [3.63, 3.8) is 0 Å². The number of aromatic nitrogens is 1. The largest absolute Gasteiger partial charge is 0.384 e. The van der Waals surface area contributed by atoms with E-state index < -0.39 is 10.0 Å². The number of sulfonamides is 1. The van der Waals surface area contributed by atoms with Gasteiger partial charge in [0.1, 0.15) is 5.82 Å². The molecule has 1 heterocycles. The molecular formula is C7H11N3O2S. The normalized spacial score (nSPS) is 11.9. The van der Waals surface area contributed by atoms with Crippen molar-refractivity contribution in [1.82, 2.24) is 9.29 Å². The van der Waals surface area contributed by atoms with Crippen molar-refractivity contribution in [1.29, 1.82) is 0 Å². The molecule has 0 saturated heterocycles. The van der Waals surface area contributed by atoms with Gasteiger partial charge in [-0.25, -0.2) is 17.7 Å². The minimum atomic E-state index is -3.39. The zero-order chi connectivity index (χ0) is 10.1. The third kappa shape index (κ3) is 1.96. The molecule has 0 bridgehead atoms. The van der Waals surface area contributed by atoms with Crippen LogP contribution in [0.5, 0.6) is 0 Å². The Morgan fingerprint density at radius 3 is 2.54 bits per heavy atom. The van der Waals surface area contributed by atoms with Crippen LogP contribution in [0.2, 0.25) is 0 Å². The summed E-state index contributed by atoms with van der Waals surface area (Å²) in [5.74, 6) is 0.197. The number of anilines is 1. The van der Waals surface area contributed by atoms with Crippen molar-refractivity contribution in [3.8, 4) is 0 Å². The van der Waals surface area contributed by atoms with Crippen molar-refractivity contribution < 1.29 is 8.42 Å². The molecule has 72 valence electrons. The van der Waals surface area contributed by atoms with Gasteiger partial charge in [-0.15, -0.1) is 0 Å². The first-order chi connectivity index (χ1) is 5.94. The molecule has 0 saturated carbocycles. The Bertz CT molecular complexity index is 400. The van der Waals surface area contributed by atoms with Crippen LogP contribution in [-0.4, -0.2) is 31.8 Å². The van der Waals surface area contributed by atoms with Crippen molar-refractivity contribution >= 4 is 15.8 Å². The zero-order valence-electron chi connectivity index (χ0n) is 7.43. The number of nitrogens with zero attached hydrogens (tertiary/aromatic N) is 2. The predicted octanol–water partition coefficient (Wildman–Crippen LogP) is -0.0859. The molecule has 2 N–H and O–H groups in total. The minimum Gasteiger partial charge on any atom is -0.384 e. The average molecular weight is 201 g/mol. The third-order valence-corrected chi connectivity index (χ3v) is 3.34. The quantitative estimate of drug-likeness (QED) is 0.725. The molecule has 0 aromatic carbocycles. The molecule has 1 aromatic heterocycles. The highest BCUT2D eigenvalue weighted by atomic mass is 32.2. The predicted molar refractivity (Wildman–Crippen MR) is 49.5 cm³/mol. The van der Waals surface area contributed by atoms with Crippen molar-refractivity contribution in [2.75, 3.05) is 19.8 Å². The highest BCUT2D eigenvalue weighted by Gasteiger charge is 2.16. The van der Waals surface area contributed by atoms with Crippen LogP contribution in [0.15, 0.2) is 23.2 Å². The van der Waals surface area contributed by atoms with E-state index >= 15 is 0 Å². The summed E-state index contributed by atoms with van der Waals surface area (Å²) in [5, 5.41) is 0. The number of nitrogens with two attached hydrogens (primary N) is 1. The number of hydrogen-bond donors (Lipinski definition) is 1.